The van der Waals surface area contributed by atoms with Crippen molar-refractivity contribution in [3.63, 3.8) is 0 Å². The molecule has 1 aliphatic heterocycles. The van der Waals surface area contributed by atoms with Crippen molar-refractivity contribution in [1.82, 2.24) is 15.5 Å². The van der Waals surface area contributed by atoms with E-state index in [1.54, 1.807) is 0 Å². The summed E-state index contributed by atoms with van der Waals surface area (Å²) in [5.74, 6) is 0.194. The summed E-state index contributed by atoms with van der Waals surface area (Å²) >= 11 is 0. The van der Waals surface area contributed by atoms with Gasteiger partial charge >= 0.3 is 0 Å². The van der Waals surface area contributed by atoms with Crippen LogP contribution in [0.25, 0.3) is 0 Å². The number of aliphatic hydroxyl groups excluding tert-OH is 1. The van der Waals surface area contributed by atoms with Gasteiger partial charge in [0, 0.05) is 44.6 Å². The van der Waals surface area contributed by atoms with Crippen LogP contribution in [0.4, 0.5) is 0 Å². The lowest BCUT2D eigenvalue weighted by Gasteiger charge is -2.33. The number of amides is 2. The van der Waals surface area contributed by atoms with Gasteiger partial charge in [0.15, 0.2) is 0 Å². The monoisotopic (exact) mass is 285 g/mol. The van der Waals surface area contributed by atoms with Crippen LogP contribution >= 0.6 is 0 Å². The highest BCUT2D eigenvalue weighted by Crippen LogP contribution is 2.18. The number of piperidine rings is 1. The quantitative estimate of drug-likeness (QED) is 0.555. The fourth-order valence-electron chi connectivity index (χ4n) is 2.50. The number of hydrogen-bond donors (Lipinski definition) is 3. The molecule has 1 saturated heterocycles. The van der Waals surface area contributed by atoms with E-state index in [1.807, 2.05) is 18.9 Å². The van der Waals surface area contributed by atoms with E-state index < -0.39 is 0 Å². The van der Waals surface area contributed by atoms with Crippen LogP contribution in [0.5, 0.6) is 0 Å². The zero-order chi connectivity index (χ0) is 15.0. The maximum Gasteiger partial charge on any atom is 0.226 e. The molecule has 0 aromatic rings. The number of nitrogens with one attached hydrogen (secondary N) is 2. The van der Waals surface area contributed by atoms with Crippen molar-refractivity contribution in [2.75, 3.05) is 39.8 Å². The first-order valence-electron chi connectivity index (χ1n) is 7.42. The fourth-order valence-corrected chi connectivity index (χ4v) is 2.50. The molecule has 1 rings (SSSR count). The van der Waals surface area contributed by atoms with Gasteiger partial charge in [-0.2, -0.15) is 0 Å². The molecular formula is C14H27N3O3. The van der Waals surface area contributed by atoms with Gasteiger partial charge in [-0.3, -0.25) is 9.59 Å². The van der Waals surface area contributed by atoms with Crippen molar-refractivity contribution in [3.8, 4) is 0 Å². The Balaban J connectivity index is 2.32. The Bertz CT molecular complexity index is 315. The average Bonchev–Trinajstić information content (AvgIpc) is 2.47. The number of carbonyl (C=O) groups is 2. The maximum atomic E-state index is 12.1. The van der Waals surface area contributed by atoms with Gasteiger partial charge in [0.05, 0.1) is 0 Å². The molecule has 0 saturated carbocycles. The molecule has 1 aliphatic rings. The first-order valence-corrected chi connectivity index (χ1v) is 7.42. The second-order valence-corrected chi connectivity index (χ2v) is 5.43. The van der Waals surface area contributed by atoms with Crippen LogP contribution in [-0.4, -0.2) is 61.7 Å². The summed E-state index contributed by atoms with van der Waals surface area (Å²) in [5.41, 5.74) is 0. The lowest BCUT2D eigenvalue weighted by molar-refractivity contribution is -0.138. The number of likely N-dealkylation sites (tertiary alicyclic amines) is 1. The molecule has 20 heavy (non-hydrogen) atoms. The topological polar surface area (TPSA) is 81.7 Å². The molecule has 1 atom stereocenters. The predicted molar refractivity (Wildman–Crippen MR) is 77.1 cm³/mol. The van der Waals surface area contributed by atoms with Crippen molar-refractivity contribution in [1.29, 1.82) is 0 Å². The summed E-state index contributed by atoms with van der Waals surface area (Å²) in [4.78, 5) is 25.9. The first kappa shape index (κ1) is 16.9. The van der Waals surface area contributed by atoms with Crippen LogP contribution in [0.3, 0.4) is 0 Å². The standard InChI is InChI=1S/C14H27N3O3/c1-11(10-15-2)14(20)17-7-4-12(5-8-17)13(19)16-6-3-9-18/h11-12,15,18H,3-10H2,1-2H3,(H,16,19). The van der Waals surface area contributed by atoms with Crippen LogP contribution < -0.4 is 10.6 Å². The molecule has 0 bridgehead atoms. The van der Waals surface area contributed by atoms with Gasteiger partial charge in [0.1, 0.15) is 0 Å². The number of rotatable bonds is 7. The van der Waals surface area contributed by atoms with E-state index in [9.17, 15) is 9.59 Å². The third-order valence-electron chi connectivity index (χ3n) is 3.74. The van der Waals surface area contributed by atoms with E-state index in [2.05, 4.69) is 10.6 Å². The van der Waals surface area contributed by atoms with Crippen molar-refractivity contribution < 1.29 is 14.7 Å². The van der Waals surface area contributed by atoms with Gasteiger partial charge in [-0.05, 0) is 26.3 Å². The highest BCUT2D eigenvalue weighted by Gasteiger charge is 2.28. The molecule has 0 spiro atoms. The molecule has 1 heterocycles. The third-order valence-corrected chi connectivity index (χ3v) is 3.74. The van der Waals surface area contributed by atoms with Crippen LogP contribution in [0.2, 0.25) is 0 Å². The lowest BCUT2D eigenvalue weighted by atomic mass is 9.95. The Morgan fingerprint density at radius 2 is 2.00 bits per heavy atom. The highest BCUT2D eigenvalue weighted by molar-refractivity contribution is 5.81. The SMILES string of the molecule is CNCC(C)C(=O)N1CCC(C(=O)NCCCO)CC1. The zero-order valence-corrected chi connectivity index (χ0v) is 12.5. The van der Waals surface area contributed by atoms with Gasteiger partial charge in [0.2, 0.25) is 11.8 Å². The minimum Gasteiger partial charge on any atom is -0.396 e. The molecule has 0 aromatic heterocycles. The molecule has 0 aromatic carbocycles. The van der Waals surface area contributed by atoms with Crippen LogP contribution in [-0.2, 0) is 9.59 Å². The molecule has 2 amide bonds. The molecule has 1 unspecified atom stereocenters. The summed E-state index contributed by atoms with van der Waals surface area (Å²) in [5, 5.41) is 14.5. The minimum atomic E-state index is -0.0186. The molecule has 0 aliphatic carbocycles. The average molecular weight is 285 g/mol. The summed E-state index contributed by atoms with van der Waals surface area (Å²) in [6, 6.07) is 0. The maximum absolute atomic E-state index is 12.1. The first-order chi connectivity index (χ1) is 9.60. The second kappa shape index (κ2) is 8.92. The molecule has 6 heteroatoms. The van der Waals surface area contributed by atoms with Gasteiger partial charge in [-0.25, -0.2) is 0 Å². The normalized spacial score (nSPS) is 17.9. The number of nitrogens with zero attached hydrogens (tertiary/aromatic N) is 1. The van der Waals surface area contributed by atoms with Crippen molar-refractivity contribution in [2.24, 2.45) is 11.8 Å². The number of aliphatic hydroxyl groups is 1. The molecule has 6 nitrogen and oxygen atoms in total. The van der Waals surface area contributed by atoms with E-state index in [1.165, 1.54) is 0 Å². The predicted octanol–water partition coefficient (Wildman–Crippen LogP) is -0.421. The minimum absolute atomic E-state index is 0.00245. The van der Waals surface area contributed by atoms with Crippen molar-refractivity contribution >= 4 is 11.8 Å². The molecule has 3 N–H and O–H groups in total. The van der Waals surface area contributed by atoms with Gasteiger partial charge < -0.3 is 20.6 Å². The summed E-state index contributed by atoms with van der Waals surface area (Å²) in [6.07, 6.45) is 2.04. The van der Waals surface area contributed by atoms with Crippen LogP contribution in [0, 0.1) is 11.8 Å². The lowest BCUT2D eigenvalue weighted by Crippen LogP contribution is -2.46. The number of carbonyl (C=O) groups excluding carboxylic acids is 2. The Morgan fingerprint density at radius 3 is 2.55 bits per heavy atom. The summed E-state index contributed by atoms with van der Waals surface area (Å²) in [6.45, 7) is 4.53. The third kappa shape index (κ3) is 5.09. The molecule has 0 radical (unpaired) electrons. The highest BCUT2D eigenvalue weighted by atomic mass is 16.3. The van der Waals surface area contributed by atoms with Crippen molar-refractivity contribution in [3.05, 3.63) is 0 Å². The second-order valence-electron chi connectivity index (χ2n) is 5.43. The Kier molecular flexibility index (Phi) is 7.54. The van der Waals surface area contributed by atoms with Crippen molar-refractivity contribution in [2.45, 2.75) is 26.2 Å². The van der Waals surface area contributed by atoms with Crippen LogP contribution in [0.15, 0.2) is 0 Å². The molecule has 1 fully saturated rings. The van der Waals surface area contributed by atoms with E-state index in [4.69, 9.17) is 5.11 Å². The Morgan fingerprint density at radius 1 is 1.35 bits per heavy atom. The molecular weight excluding hydrogens is 258 g/mol. The zero-order valence-electron chi connectivity index (χ0n) is 12.5. The van der Waals surface area contributed by atoms with E-state index in [-0.39, 0.29) is 30.3 Å². The van der Waals surface area contributed by atoms with E-state index in [0.29, 0.717) is 32.6 Å². The van der Waals surface area contributed by atoms with Gasteiger partial charge in [-0.1, -0.05) is 6.92 Å². The number of hydrogen-bond acceptors (Lipinski definition) is 4. The molecule has 116 valence electrons. The largest absolute Gasteiger partial charge is 0.396 e. The smallest absolute Gasteiger partial charge is 0.226 e. The Labute approximate surface area is 120 Å². The fraction of sp³-hybridized carbons (Fsp3) is 0.857. The van der Waals surface area contributed by atoms with Gasteiger partial charge in [-0.15, -0.1) is 0 Å². The summed E-state index contributed by atoms with van der Waals surface area (Å²) < 4.78 is 0. The van der Waals surface area contributed by atoms with E-state index >= 15 is 0 Å². The summed E-state index contributed by atoms with van der Waals surface area (Å²) in [7, 11) is 1.84. The Hall–Kier alpha value is -1.14. The van der Waals surface area contributed by atoms with Gasteiger partial charge in [0.25, 0.3) is 0 Å². The van der Waals surface area contributed by atoms with E-state index in [0.717, 1.165) is 12.8 Å². The van der Waals surface area contributed by atoms with Crippen LogP contribution in [0.1, 0.15) is 26.2 Å².